The van der Waals surface area contributed by atoms with Crippen molar-refractivity contribution in [1.82, 2.24) is 9.55 Å². The Morgan fingerprint density at radius 1 is 1.21 bits per heavy atom. The van der Waals surface area contributed by atoms with Gasteiger partial charge < -0.3 is 0 Å². The maximum Gasteiger partial charge on any atom is 0.111 e. The topological polar surface area (TPSA) is 41.6 Å². The lowest BCUT2D eigenvalue weighted by atomic mass is 10.2. The number of hydrogen-bond donors (Lipinski definition) is 0. The van der Waals surface area contributed by atoms with Crippen LogP contribution in [0, 0.1) is 18.3 Å². The third-order valence-corrected chi connectivity index (χ3v) is 3.37. The van der Waals surface area contributed by atoms with Gasteiger partial charge in [0.05, 0.1) is 21.6 Å². The van der Waals surface area contributed by atoms with Crippen LogP contribution in [0.3, 0.4) is 0 Å². The van der Waals surface area contributed by atoms with Gasteiger partial charge in [0.2, 0.25) is 0 Å². The van der Waals surface area contributed by atoms with Gasteiger partial charge in [-0.15, -0.1) is 0 Å². The summed E-state index contributed by atoms with van der Waals surface area (Å²) in [6.07, 6.45) is 0. The second-order valence-corrected chi connectivity index (χ2v) is 4.67. The first-order valence-corrected chi connectivity index (χ1v) is 6.22. The summed E-state index contributed by atoms with van der Waals surface area (Å²) in [7, 11) is 0. The van der Waals surface area contributed by atoms with E-state index in [1.165, 1.54) is 0 Å². The van der Waals surface area contributed by atoms with Crippen LogP contribution in [0.25, 0.3) is 16.7 Å². The van der Waals surface area contributed by atoms with Crippen LogP contribution in [0.1, 0.15) is 11.4 Å². The number of imidazole rings is 1. The van der Waals surface area contributed by atoms with E-state index in [4.69, 9.17) is 16.9 Å². The van der Waals surface area contributed by atoms with Crippen LogP contribution in [0.2, 0.25) is 5.02 Å². The van der Waals surface area contributed by atoms with Gasteiger partial charge in [-0.05, 0) is 37.3 Å². The van der Waals surface area contributed by atoms with Gasteiger partial charge in [-0.2, -0.15) is 5.26 Å². The molecule has 0 spiro atoms. The highest BCUT2D eigenvalue weighted by atomic mass is 35.5. The maximum absolute atomic E-state index is 8.91. The van der Waals surface area contributed by atoms with E-state index in [1.807, 2.05) is 41.8 Å². The normalized spacial score (nSPS) is 10.6. The fourth-order valence-corrected chi connectivity index (χ4v) is 2.42. The Morgan fingerprint density at radius 2 is 2.00 bits per heavy atom. The van der Waals surface area contributed by atoms with E-state index < -0.39 is 0 Å². The average molecular weight is 268 g/mol. The molecule has 19 heavy (non-hydrogen) atoms. The van der Waals surface area contributed by atoms with Crippen LogP contribution in [0.5, 0.6) is 0 Å². The molecule has 0 atom stereocenters. The molecule has 0 saturated heterocycles. The Labute approximate surface area is 115 Å². The molecule has 0 radical (unpaired) electrons. The monoisotopic (exact) mass is 267 g/mol. The molecule has 0 aliphatic heterocycles. The van der Waals surface area contributed by atoms with E-state index in [9.17, 15) is 0 Å². The Morgan fingerprint density at radius 3 is 2.74 bits per heavy atom. The molecule has 3 aromatic rings. The summed E-state index contributed by atoms with van der Waals surface area (Å²) in [5.41, 5.74) is 3.36. The maximum atomic E-state index is 8.91. The number of aromatic nitrogens is 2. The fourth-order valence-electron chi connectivity index (χ4n) is 2.21. The quantitative estimate of drug-likeness (QED) is 0.672. The Bertz CT molecular complexity index is 812. The van der Waals surface area contributed by atoms with E-state index in [1.54, 1.807) is 12.1 Å². The molecule has 0 bridgehead atoms. The molecule has 3 nitrogen and oxygen atoms in total. The first-order valence-electron chi connectivity index (χ1n) is 5.85. The molecule has 0 amide bonds. The summed E-state index contributed by atoms with van der Waals surface area (Å²) in [6.45, 7) is 1.95. The van der Waals surface area contributed by atoms with Crippen molar-refractivity contribution in [1.29, 1.82) is 5.26 Å². The highest BCUT2D eigenvalue weighted by Gasteiger charge is 2.10. The van der Waals surface area contributed by atoms with Gasteiger partial charge in [0.15, 0.2) is 0 Å². The molecule has 4 heteroatoms. The number of halogens is 1. The lowest BCUT2D eigenvalue weighted by Crippen LogP contribution is -1.97. The molecule has 92 valence electrons. The second-order valence-electron chi connectivity index (χ2n) is 4.26. The summed E-state index contributed by atoms with van der Waals surface area (Å²) in [5.74, 6) is 0.891. The molecule has 0 N–H and O–H groups in total. The zero-order valence-electron chi connectivity index (χ0n) is 10.3. The number of hydrogen-bond acceptors (Lipinski definition) is 2. The molecule has 1 aromatic heterocycles. The summed E-state index contributed by atoms with van der Waals surface area (Å²) in [4.78, 5) is 4.52. The predicted molar refractivity (Wildman–Crippen MR) is 75.5 cm³/mol. The van der Waals surface area contributed by atoms with Gasteiger partial charge in [-0.1, -0.05) is 23.7 Å². The molecule has 1 heterocycles. The van der Waals surface area contributed by atoms with Crippen molar-refractivity contribution in [3.05, 3.63) is 58.9 Å². The number of para-hydroxylation sites is 2. The van der Waals surface area contributed by atoms with Crippen LogP contribution in [-0.2, 0) is 0 Å². The Kier molecular flexibility index (Phi) is 2.73. The van der Waals surface area contributed by atoms with Crippen molar-refractivity contribution in [2.75, 3.05) is 0 Å². The number of benzene rings is 2. The Balaban J connectivity index is 2.28. The number of aryl methyl sites for hydroxylation is 1. The zero-order chi connectivity index (χ0) is 13.4. The minimum absolute atomic E-state index is 0.456. The van der Waals surface area contributed by atoms with Crippen LogP contribution in [0.15, 0.2) is 42.5 Å². The summed E-state index contributed by atoms with van der Waals surface area (Å²) in [5, 5.41) is 9.37. The zero-order valence-corrected chi connectivity index (χ0v) is 11.0. The lowest BCUT2D eigenvalue weighted by molar-refractivity contribution is 1.00. The van der Waals surface area contributed by atoms with Crippen LogP contribution in [0.4, 0.5) is 0 Å². The molecular weight excluding hydrogens is 258 g/mol. The van der Waals surface area contributed by atoms with E-state index in [2.05, 4.69) is 11.1 Å². The fraction of sp³-hybridized carbons (Fsp3) is 0.0667. The number of nitrogens with zero attached hydrogens (tertiary/aromatic N) is 3. The van der Waals surface area contributed by atoms with Gasteiger partial charge in [-0.3, -0.25) is 4.57 Å². The summed E-state index contributed by atoms with van der Waals surface area (Å²) < 4.78 is 2.03. The van der Waals surface area contributed by atoms with E-state index >= 15 is 0 Å². The van der Waals surface area contributed by atoms with Crippen LogP contribution in [-0.4, -0.2) is 9.55 Å². The van der Waals surface area contributed by atoms with E-state index in [0.29, 0.717) is 10.6 Å². The summed E-state index contributed by atoms with van der Waals surface area (Å²) in [6, 6.07) is 15.4. The average Bonchev–Trinajstić information content (AvgIpc) is 2.74. The first kappa shape index (κ1) is 11.8. The van der Waals surface area contributed by atoms with Crippen molar-refractivity contribution in [3.63, 3.8) is 0 Å². The van der Waals surface area contributed by atoms with Crippen LogP contribution < -0.4 is 0 Å². The smallest absolute Gasteiger partial charge is 0.111 e. The number of nitriles is 1. The Hall–Kier alpha value is -2.31. The van der Waals surface area contributed by atoms with Crippen molar-refractivity contribution < 1.29 is 0 Å². The van der Waals surface area contributed by atoms with E-state index in [-0.39, 0.29) is 0 Å². The molecule has 0 fully saturated rings. The molecule has 0 aliphatic rings. The minimum atomic E-state index is 0.456. The highest BCUT2D eigenvalue weighted by molar-refractivity contribution is 6.31. The van der Waals surface area contributed by atoms with Gasteiger partial charge in [-0.25, -0.2) is 4.98 Å². The molecular formula is C15H10ClN3. The van der Waals surface area contributed by atoms with Gasteiger partial charge >= 0.3 is 0 Å². The minimum Gasteiger partial charge on any atom is -0.296 e. The van der Waals surface area contributed by atoms with Crippen molar-refractivity contribution in [3.8, 4) is 11.8 Å². The van der Waals surface area contributed by atoms with Crippen molar-refractivity contribution in [2.45, 2.75) is 6.92 Å². The van der Waals surface area contributed by atoms with Crippen molar-refractivity contribution >= 4 is 22.6 Å². The van der Waals surface area contributed by atoms with E-state index in [0.717, 1.165) is 22.5 Å². The first-order chi connectivity index (χ1) is 9.20. The molecule has 0 aliphatic carbocycles. The van der Waals surface area contributed by atoms with Gasteiger partial charge in [0, 0.05) is 5.69 Å². The standard InChI is InChI=1S/C15H10ClN3/c1-10-18-14-4-2-3-5-15(14)19(10)12-7-6-11(9-17)13(16)8-12/h2-8H,1H3. The SMILES string of the molecule is Cc1nc2ccccc2n1-c1ccc(C#N)c(Cl)c1. The van der Waals surface area contributed by atoms with Crippen molar-refractivity contribution in [2.24, 2.45) is 0 Å². The number of rotatable bonds is 1. The second kappa shape index (κ2) is 4.42. The molecule has 3 rings (SSSR count). The highest BCUT2D eigenvalue weighted by Crippen LogP contribution is 2.24. The third kappa shape index (κ3) is 1.87. The third-order valence-electron chi connectivity index (χ3n) is 3.06. The summed E-state index contributed by atoms with van der Waals surface area (Å²) >= 11 is 6.09. The molecule has 2 aromatic carbocycles. The lowest BCUT2D eigenvalue weighted by Gasteiger charge is -2.07. The molecule has 0 unspecified atom stereocenters. The number of fused-ring (bicyclic) bond motifs is 1. The van der Waals surface area contributed by atoms with Crippen LogP contribution >= 0.6 is 11.6 Å². The van der Waals surface area contributed by atoms with Gasteiger partial charge in [0.25, 0.3) is 0 Å². The largest absolute Gasteiger partial charge is 0.296 e. The predicted octanol–water partition coefficient (Wildman–Crippen LogP) is 3.86. The van der Waals surface area contributed by atoms with Gasteiger partial charge in [0.1, 0.15) is 11.9 Å². The molecule has 0 saturated carbocycles.